The third-order valence-electron chi connectivity index (χ3n) is 5.26. The molecule has 1 heterocycles. The number of ether oxygens (including phenoxy) is 2. The lowest BCUT2D eigenvalue weighted by Gasteiger charge is -2.30. The summed E-state index contributed by atoms with van der Waals surface area (Å²) in [5.41, 5.74) is -2.44. The van der Waals surface area contributed by atoms with Gasteiger partial charge in [-0.3, -0.25) is 4.57 Å². The van der Waals surface area contributed by atoms with Crippen LogP contribution in [0.1, 0.15) is 23.7 Å². The second-order valence-corrected chi connectivity index (χ2v) is 6.95. The van der Waals surface area contributed by atoms with E-state index in [9.17, 15) is 23.5 Å². The molecule has 0 aliphatic carbocycles. The maximum Gasteiger partial charge on any atom is 0.349 e. The fourth-order valence-corrected chi connectivity index (χ4v) is 3.79. The smallest absolute Gasteiger partial charge is 0.349 e. The van der Waals surface area contributed by atoms with Gasteiger partial charge in [0.2, 0.25) is 0 Å². The van der Waals surface area contributed by atoms with Crippen LogP contribution in [-0.2, 0) is 10.3 Å². The number of hydrogen-bond acceptors (Lipinski definition) is 5. The van der Waals surface area contributed by atoms with Crippen molar-refractivity contribution in [2.75, 3.05) is 14.2 Å². The topological polar surface area (TPSA) is 90.7 Å². The monoisotopic (exact) mass is 418 g/mol. The first-order valence-corrected chi connectivity index (χ1v) is 8.92. The van der Waals surface area contributed by atoms with E-state index in [0.717, 1.165) is 23.6 Å². The molecule has 0 fully saturated rings. The summed E-state index contributed by atoms with van der Waals surface area (Å²) in [7, 11) is 2.85. The minimum absolute atomic E-state index is 0.163. The Balaban J connectivity index is 2.57. The van der Waals surface area contributed by atoms with E-state index in [2.05, 4.69) is 4.98 Å². The van der Waals surface area contributed by atoms with E-state index in [4.69, 9.17) is 9.47 Å². The van der Waals surface area contributed by atoms with Crippen LogP contribution in [0.3, 0.4) is 0 Å². The number of hydrogen-bond donors (Lipinski definition) is 1. The van der Waals surface area contributed by atoms with Crippen molar-refractivity contribution in [2.45, 2.75) is 26.3 Å². The molecule has 3 rings (SSSR count). The number of carboxylic acid groups (broad SMARTS) is 1. The molecular weight excluding hydrogens is 398 g/mol. The van der Waals surface area contributed by atoms with Crippen molar-refractivity contribution >= 4 is 16.9 Å². The predicted octanol–water partition coefficient (Wildman–Crippen LogP) is 3.16. The number of carboxylic acids is 1. The lowest BCUT2D eigenvalue weighted by molar-refractivity contribution is -0.144. The van der Waals surface area contributed by atoms with Crippen LogP contribution in [0.5, 0.6) is 11.5 Å². The zero-order chi connectivity index (χ0) is 22.4. The van der Waals surface area contributed by atoms with Crippen molar-refractivity contribution in [2.24, 2.45) is 0 Å². The van der Waals surface area contributed by atoms with Crippen molar-refractivity contribution < 1.29 is 28.2 Å². The fraction of sp³-hybridized carbons (Fsp3) is 0.286. The number of aromatic nitrogens is 2. The van der Waals surface area contributed by atoms with E-state index in [1.165, 1.54) is 20.3 Å². The normalized spacial score (nSPS) is 13.2. The lowest BCUT2D eigenvalue weighted by Crippen LogP contribution is -2.47. The third-order valence-corrected chi connectivity index (χ3v) is 5.26. The van der Waals surface area contributed by atoms with Gasteiger partial charge in [-0.15, -0.1) is 0 Å². The molecular formula is C21H20F2N2O5. The van der Waals surface area contributed by atoms with Crippen molar-refractivity contribution in [1.29, 1.82) is 0 Å². The largest absolute Gasteiger partial charge is 0.493 e. The number of fused-ring (bicyclic) bond motifs is 1. The lowest BCUT2D eigenvalue weighted by atomic mass is 9.90. The van der Waals surface area contributed by atoms with Crippen molar-refractivity contribution in [3.8, 4) is 11.5 Å². The van der Waals surface area contributed by atoms with E-state index in [0.29, 0.717) is 28.5 Å². The molecule has 2 aromatic carbocycles. The van der Waals surface area contributed by atoms with Crippen molar-refractivity contribution in [3.05, 3.63) is 63.2 Å². The third kappa shape index (κ3) is 2.97. The Morgan fingerprint density at radius 3 is 2.37 bits per heavy atom. The number of nitrogens with zero attached hydrogens (tertiary/aromatic N) is 2. The van der Waals surface area contributed by atoms with Gasteiger partial charge in [-0.25, -0.2) is 18.4 Å². The SMILES string of the molecule is COc1cc2c(c(C)nc(=O)n2C(C)(C(=O)O)c2ccc(F)cc2F)c(C)c1OC. The highest BCUT2D eigenvalue weighted by Crippen LogP contribution is 2.39. The van der Waals surface area contributed by atoms with E-state index in [-0.39, 0.29) is 11.3 Å². The van der Waals surface area contributed by atoms with Crippen molar-refractivity contribution in [1.82, 2.24) is 9.55 Å². The first kappa shape index (κ1) is 21.2. The number of carbonyl (C=O) groups is 1. The Labute approximate surface area is 170 Å². The van der Waals surface area contributed by atoms with Gasteiger partial charge in [0.15, 0.2) is 17.0 Å². The van der Waals surface area contributed by atoms with Crippen LogP contribution in [0.2, 0.25) is 0 Å². The average molecular weight is 418 g/mol. The summed E-state index contributed by atoms with van der Waals surface area (Å²) in [4.78, 5) is 29.3. The zero-order valence-corrected chi connectivity index (χ0v) is 17.0. The van der Waals surface area contributed by atoms with E-state index >= 15 is 0 Å². The fourth-order valence-electron chi connectivity index (χ4n) is 3.79. The Hall–Kier alpha value is -3.49. The highest BCUT2D eigenvalue weighted by Gasteiger charge is 2.42. The molecule has 1 N–H and O–H groups in total. The van der Waals surface area contributed by atoms with Gasteiger partial charge in [0.1, 0.15) is 11.6 Å². The maximum absolute atomic E-state index is 14.7. The molecule has 0 aliphatic rings. The molecule has 0 radical (unpaired) electrons. The van der Waals surface area contributed by atoms with Gasteiger partial charge in [-0.2, -0.15) is 4.98 Å². The predicted molar refractivity (Wildman–Crippen MR) is 105 cm³/mol. The first-order chi connectivity index (χ1) is 14.1. The molecule has 1 unspecified atom stereocenters. The van der Waals surface area contributed by atoms with E-state index in [1.807, 2.05) is 0 Å². The molecule has 0 aliphatic heterocycles. The van der Waals surface area contributed by atoms with Gasteiger partial charge >= 0.3 is 11.7 Å². The minimum Gasteiger partial charge on any atom is -0.493 e. The molecule has 30 heavy (non-hydrogen) atoms. The van der Waals surface area contributed by atoms with E-state index < -0.39 is 34.4 Å². The van der Waals surface area contributed by atoms with Crippen LogP contribution in [0.4, 0.5) is 8.78 Å². The number of halogens is 2. The zero-order valence-electron chi connectivity index (χ0n) is 17.0. The number of benzene rings is 2. The Bertz CT molecular complexity index is 1240. The number of methoxy groups -OCH3 is 2. The van der Waals surface area contributed by atoms with Crippen LogP contribution in [0.15, 0.2) is 29.1 Å². The van der Waals surface area contributed by atoms with Crippen LogP contribution in [0, 0.1) is 25.5 Å². The molecule has 1 atom stereocenters. The van der Waals surface area contributed by atoms with Gasteiger partial charge in [0, 0.05) is 28.6 Å². The van der Waals surface area contributed by atoms with Gasteiger partial charge in [0.25, 0.3) is 0 Å². The van der Waals surface area contributed by atoms with Crippen molar-refractivity contribution in [3.63, 3.8) is 0 Å². The summed E-state index contributed by atoms with van der Waals surface area (Å²) in [6, 6.07) is 3.95. The molecule has 9 heteroatoms. The molecule has 7 nitrogen and oxygen atoms in total. The summed E-state index contributed by atoms with van der Waals surface area (Å²) < 4.78 is 39.7. The van der Waals surface area contributed by atoms with E-state index in [1.54, 1.807) is 13.8 Å². The highest BCUT2D eigenvalue weighted by molar-refractivity contribution is 5.91. The Kier molecular flexibility index (Phi) is 5.23. The van der Waals surface area contributed by atoms with Crippen LogP contribution >= 0.6 is 0 Å². The highest BCUT2D eigenvalue weighted by atomic mass is 19.1. The minimum atomic E-state index is -2.22. The Morgan fingerprint density at radius 2 is 1.83 bits per heavy atom. The number of rotatable bonds is 5. The molecule has 1 aromatic heterocycles. The number of aliphatic carboxylic acids is 1. The van der Waals surface area contributed by atoms with Crippen LogP contribution in [0.25, 0.3) is 10.9 Å². The molecule has 0 spiro atoms. The summed E-state index contributed by atoms with van der Waals surface area (Å²) in [6.07, 6.45) is 0. The summed E-state index contributed by atoms with van der Waals surface area (Å²) in [6.45, 7) is 4.48. The summed E-state index contributed by atoms with van der Waals surface area (Å²) in [5.74, 6) is -2.84. The second kappa shape index (κ2) is 7.40. The summed E-state index contributed by atoms with van der Waals surface area (Å²) in [5, 5.41) is 10.5. The van der Waals surface area contributed by atoms with Crippen LogP contribution in [-0.4, -0.2) is 34.8 Å². The quantitative estimate of drug-likeness (QED) is 0.685. The second-order valence-electron chi connectivity index (χ2n) is 6.95. The number of aryl methyl sites for hydroxylation is 2. The Morgan fingerprint density at radius 1 is 1.17 bits per heavy atom. The molecule has 3 aromatic rings. The van der Waals surface area contributed by atoms with Gasteiger partial charge in [0.05, 0.1) is 25.4 Å². The van der Waals surface area contributed by atoms with Gasteiger partial charge < -0.3 is 14.6 Å². The molecule has 0 saturated heterocycles. The standard InChI is InChI=1S/C21H20F2N2O5/c1-10-17-11(2)24-20(28)25(15(17)9-16(29-4)18(10)30-5)21(3,19(26)27)13-7-6-12(22)8-14(13)23/h6-9H,1-5H3,(H,26,27). The first-order valence-electron chi connectivity index (χ1n) is 8.92. The summed E-state index contributed by atoms with van der Waals surface area (Å²) >= 11 is 0. The maximum atomic E-state index is 14.7. The average Bonchev–Trinajstić information content (AvgIpc) is 2.66. The van der Waals surface area contributed by atoms with Gasteiger partial charge in [-0.1, -0.05) is 6.07 Å². The molecule has 158 valence electrons. The molecule has 0 amide bonds. The molecule has 0 bridgehead atoms. The van der Waals surface area contributed by atoms with Crippen LogP contribution < -0.4 is 15.2 Å². The van der Waals surface area contributed by atoms with Gasteiger partial charge in [-0.05, 0) is 26.8 Å². The molecule has 0 saturated carbocycles.